The van der Waals surface area contributed by atoms with Crippen molar-refractivity contribution in [3.8, 4) is 27.9 Å². The summed E-state index contributed by atoms with van der Waals surface area (Å²) in [6, 6.07) is 76.6. The SMILES string of the molecule is c1ccc(-c2ccc(N(c3ccc4c5ccccc5c5ccccc5c4c3)c3cccc4oc5ccc(-c6ccc7c8ccccc8n(-c8cccnc8)c7c6)cc5c34)cc2)cc1. The van der Waals surface area contributed by atoms with E-state index in [-0.39, 0.29) is 0 Å². The van der Waals surface area contributed by atoms with Gasteiger partial charge in [-0.1, -0.05) is 140 Å². The summed E-state index contributed by atoms with van der Waals surface area (Å²) >= 11 is 0. The topological polar surface area (TPSA) is 34.2 Å². The van der Waals surface area contributed by atoms with Gasteiger partial charge in [-0.15, -0.1) is 0 Å². The Labute approximate surface area is 363 Å². The normalized spacial score (nSPS) is 11.8. The first-order valence-electron chi connectivity index (χ1n) is 21.4. The minimum Gasteiger partial charge on any atom is -0.456 e. The van der Waals surface area contributed by atoms with Crippen molar-refractivity contribution in [2.24, 2.45) is 0 Å². The minimum atomic E-state index is 0.843. The summed E-state index contributed by atoms with van der Waals surface area (Å²) in [5, 5.41) is 12.0. The number of fused-ring (bicyclic) bond motifs is 12. The van der Waals surface area contributed by atoms with Gasteiger partial charge in [0.2, 0.25) is 0 Å². The number of benzene rings is 10. The van der Waals surface area contributed by atoms with Crippen LogP contribution in [0.15, 0.2) is 229 Å². The molecule has 0 saturated carbocycles. The van der Waals surface area contributed by atoms with Crippen LogP contribution in [0.3, 0.4) is 0 Å². The first-order valence-corrected chi connectivity index (χ1v) is 21.4. The van der Waals surface area contributed by atoms with Gasteiger partial charge in [0.05, 0.1) is 34.0 Å². The molecule has 4 nitrogen and oxygen atoms in total. The lowest BCUT2D eigenvalue weighted by Crippen LogP contribution is -2.10. The number of hydrogen-bond donors (Lipinski definition) is 0. The van der Waals surface area contributed by atoms with Gasteiger partial charge in [-0.25, -0.2) is 0 Å². The summed E-state index contributed by atoms with van der Waals surface area (Å²) in [5.41, 5.74) is 12.8. The molecule has 0 N–H and O–H groups in total. The molecule has 0 spiro atoms. The van der Waals surface area contributed by atoms with Crippen LogP contribution in [0.4, 0.5) is 17.1 Å². The fraction of sp³-hybridized carbons (Fsp3) is 0. The Bertz CT molecular complexity index is 3870. The molecule has 0 bridgehead atoms. The quantitative estimate of drug-likeness (QED) is 0.157. The van der Waals surface area contributed by atoms with Gasteiger partial charge in [-0.05, 0) is 127 Å². The third-order valence-corrected chi connectivity index (χ3v) is 12.8. The Morgan fingerprint density at radius 2 is 0.968 bits per heavy atom. The molecule has 13 aromatic rings. The Balaban J connectivity index is 1.03. The lowest BCUT2D eigenvalue weighted by molar-refractivity contribution is 0.669. The molecule has 4 heteroatoms. The molecule has 0 aliphatic carbocycles. The standard InChI is InChI=1S/C59H37N3O/c1-2-12-38(13-3-1)39-23-27-42(28-24-39)61(43-29-31-49-47-17-5-4-15-45(47)46-16-6-7-18-48(46)52(49)36-43)55-21-10-22-58-59(55)53-34-40(26-32-57(53)63-58)41-25-30-51-50-19-8-9-20-54(50)62(56(51)35-41)44-14-11-33-60-37-44/h1-37H. The predicted molar refractivity (Wildman–Crippen MR) is 264 cm³/mol. The van der Waals surface area contributed by atoms with Crippen LogP contribution in [0.25, 0.3) is 104 Å². The summed E-state index contributed by atoms with van der Waals surface area (Å²) in [6.07, 6.45) is 3.76. The second-order valence-electron chi connectivity index (χ2n) is 16.3. The molecule has 0 fully saturated rings. The molecule has 294 valence electrons. The Kier molecular flexibility index (Phi) is 7.87. The average Bonchev–Trinajstić information content (AvgIpc) is 3.90. The number of pyridine rings is 1. The van der Waals surface area contributed by atoms with E-state index in [9.17, 15) is 0 Å². The van der Waals surface area contributed by atoms with Crippen molar-refractivity contribution < 1.29 is 4.42 Å². The zero-order valence-corrected chi connectivity index (χ0v) is 34.1. The molecule has 0 amide bonds. The van der Waals surface area contributed by atoms with Crippen molar-refractivity contribution in [1.29, 1.82) is 0 Å². The number of rotatable bonds is 6. The van der Waals surface area contributed by atoms with Gasteiger partial charge in [0.25, 0.3) is 0 Å². The van der Waals surface area contributed by atoms with Crippen LogP contribution in [-0.4, -0.2) is 9.55 Å². The van der Waals surface area contributed by atoms with Crippen molar-refractivity contribution >= 4 is 93.1 Å². The highest BCUT2D eigenvalue weighted by Crippen LogP contribution is 2.46. The van der Waals surface area contributed by atoms with Gasteiger partial charge in [0.15, 0.2) is 0 Å². The van der Waals surface area contributed by atoms with E-state index in [1.807, 2.05) is 18.5 Å². The van der Waals surface area contributed by atoms with E-state index in [0.717, 1.165) is 66.8 Å². The molecule has 0 unspecified atom stereocenters. The molecule has 10 aromatic carbocycles. The number of nitrogens with zero attached hydrogens (tertiary/aromatic N) is 3. The lowest BCUT2D eigenvalue weighted by atomic mass is 9.94. The van der Waals surface area contributed by atoms with Crippen LogP contribution in [-0.2, 0) is 0 Å². The van der Waals surface area contributed by atoms with Crippen LogP contribution in [0, 0.1) is 0 Å². The molecule has 0 radical (unpaired) electrons. The largest absolute Gasteiger partial charge is 0.456 e. The van der Waals surface area contributed by atoms with Crippen LogP contribution in [0.2, 0.25) is 0 Å². The number of aromatic nitrogens is 2. The molecule has 0 atom stereocenters. The third kappa shape index (κ3) is 5.59. The highest BCUT2D eigenvalue weighted by Gasteiger charge is 2.22. The molecule has 63 heavy (non-hydrogen) atoms. The van der Waals surface area contributed by atoms with Gasteiger partial charge in [-0.3, -0.25) is 4.98 Å². The number of anilines is 3. The summed E-state index contributed by atoms with van der Waals surface area (Å²) in [4.78, 5) is 6.88. The van der Waals surface area contributed by atoms with E-state index < -0.39 is 0 Å². The fourth-order valence-electron chi connectivity index (χ4n) is 9.98. The van der Waals surface area contributed by atoms with E-state index in [1.54, 1.807) is 0 Å². The predicted octanol–water partition coefficient (Wildman–Crippen LogP) is 16.3. The van der Waals surface area contributed by atoms with Gasteiger partial charge in [0, 0.05) is 33.7 Å². The average molecular weight is 804 g/mol. The Morgan fingerprint density at radius 3 is 1.73 bits per heavy atom. The highest BCUT2D eigenvalue weighted by atomic mass is 16.3. The zero-order valence-electron chi connectivity index (χ0n) is 34.1. The minimum absolute atomic E-state index is 0.843. The molecular weight excluding hydrogens is 767 g/mol. The third-order valence-electron chi connectivity index (χ3n) is 12.8. The second-order valence-corrected chi connectivity index (χ2v) is 16.3. The molecule has 0 saturated heterocycles. The van der Waals surface area contributed by atoms with Crippen molar-refractivity contribution in [1.82, 2.24) is 9.55 Å². The van der Waals surface area contributed by atoms with Crippen LogP contribution >= 0.6 is 0 Å². The maximum Gasteiger partial charge on any atom is 0.137 e. The fourth-order valence-corrected chi connectivity index (χ4v) is 9.98. The van der Waals surface area contributed by atoms with Crippen molar-refractivity contribution in [3.05, 3.63) is 225 Å². The summed E-state index contributed by atoms with van der Waals surface area (Å²) < 4.78 is 9.03. The molecule has 0 aliphatic heterocycles. The van der Waals surface area contributed by atoms with E-state index in [0.29, 0.717) is 0 Å². The van der Waals surface area contributed by atoms with Crippen molar-refractivity contribution in [2.45, 2.75) is 0 Å². The highest BCUT2D eigenvalue weighted by molar-refractivity contribution is 6.26. The molecule has 0 aliphatic rings. The molecular formula is C59H37N3O. The zero-order chi connectivity index (χ0) is 41.4. The molecule has 3 aromatic heterocycles. The van der Waals surface area contributed by atoms with Gasteiger partial charge in [0.1, 0.15) is 11.2 Å². The second kappa shape index (κ2) is 14.1. The van der Waals surface area contributed by atoms with Crippen LogP contribution in [0.1, 0.15) is 0 Å². The van der Waals surface area contributed by atoms with E-state index in [1.165, 1.54) is 54.2 Å². The summed E-state index contributed by atoms with van der Waals surface area (Å²) in [6.45, 7) is 0. The van der Waals surface area contributed by atoms with Crippen LogP contribution < -0.4 is 4.90 Å². The number of para-hydroxylation sites is 1. The van der Waals surface area contributed by atoms with E-state index in [4.69, 9.17) is 4.42 Å². The molecule has 3 heterocycles. The maximum atomic E-state index is 6.71. The van der Waals surface area contributed by atoms with Crippen molar-refractivity contribution in [3.63, 3.8) is 0 Å². The van der Waals surface area contributed by atoms with Gasteiger partial charge < -0.3 is 13.9 Å². The van der Waals surface area contributed by atoms with Crippen molar-refractivity contribution in [2.75, 3.05) is 4.90 Å². The van der Waals surface area contributed by atoms with Gasteiger partial charge >= 0.3 is 0 Å². The monoisotopic (exact) mass is 803 g/mol. The van der Waals surface area contributed by atoms with Gasteiger partial charge in [-0.2, -0.15) is 0 Å². The van der Waals surface area contributed by atoms with Crippen LogP contribution in [0.5, 0.6) is 0 Å². The summed E-state index contributed by atoms with van der Waals surface area (Å²) in [5.74, 6) is 0. The first kappa shape index (κ1) is 35.3. The van der Waals surface area contributed by atoms with E-state index in [2.05, 4.69) is 221 Å². The Morgan fingerprint density at radius 1 is 0.365 bits per heavy atom. The van der Waals surface area contributed by atoms with E-state index >= 15 is 0 Å². The summed E-state index contributed by atoms with van der Waals surface area (Å²) in [7, 11) is 0. The number of furan rings is 1. The number of hydrogen-bond acceptors (Lipinski definition) is 3. The first-order chi connectivity index (χ1) is 31.2. The smallest absolute Gasteiger partial charge is 0.137 e. The molecule has 13 rings (SSSR count). The lowest BCUT2D eigenvalue weighted by Gasteiger charge is -2.27. The Hall–Kier alpha value is -8.47. The maximum absolute atomic E-state index is 6.71.